The van der Waals surface area contributed by atoms with Gasteiger partial charge in [-0.15, -0.1) is 5.10 Å². The number of rotatable bonds is 2. The predicted octanol–water partition coefficient (Wildman–Crippen LogP) is 1.59. The maximum Gasteiger partial charge on any atom is 0.375 e. The number of aromatic nitrogens is 3. The molecule has 0 saturated carbocycles. The first-order chi connectivity index (χ1) is 7.30. The van der Waals surface area contributed by atoms with E-state index in [9.17, 15) is 18.0 Å². The van der Waals surface area contributed by atoms with Gasteiger partial charge in [0.15, 0.2) is 12.0 Å². The van der Waals surface area contributed by atoms with E-state index in [2.05, 4.69) is 10.1 Å². The van der Waals surface area contributed by atoms with Crippen LogP contribution >= 0.6 is 0 Å². The molecule has 16 heavy (non-hydrogen) atoms. The van der Waals surface area contributed by atoms with Crippen LogP contribution < -0.4 is 0 Å². The Hall–Kier alpha value is -1.60. The monoisotopic (exact) mass is 235 g/mol. The first-order valence-electron chi connectivity index (χ1n) is 4.52. The zero-order valence-electron chi connectivity index (χ0n) is 8.19. The summed E-state index contributed by atoms with van der Waals surface area (Å²) in [7, 11) is 0. The van der Waals surface area contributed by atoms with Gasteiger partial charge in [-0.25, -0.2) is 27.6 Å². The van der Waals surface area contributed by atoms with Crippen molar-refractivity contribution in [2.24, 2.45) is 0 Å². The number of hydrogen-bond acceptors (Lipinski definition) is 3. The van der Waals surface area contributed by atoms with Crippen LogP contribution in [0.15, 0.2) is 0 Å². The number of halogens is 3. The number of carboxylic acid groups (broad SMARTS) is 1. The quantitative estimate of drug-likeness (QED) is 0.845. The lowest BCUT2D eigenvalue weighted by molar-refractivity contribution is -0.0373. The molecule has 0 fully saturated rings. The minimum atomic E-state index is -3.17. The smallest absolute Gasteiger partial charge is 0.375 e. The van der Waals surface area contributed by atoms with Gasteiger partial charge < -0.3 is 5.11 Å². The summed E-state index contributed by atoms with van der Waals surface area (Å²) in [6, 6.07) is -1.47. The van der Waals surface area contributed by atoms with Crippen molar-refractivity contribution in [3.63, 3.8) is 0 Å². The zero-order chi connectivity index (χ0) is 12.1. The van der Waals surface area contributed by atoms with Crippen LogP contribution in [-0.4, -0.2) is 31.8 Å². The van der Waals surface area contributed by atoms with Crippen LogP contribution in [0.1, 0.15) is 42.0 Å². The molecule has 0 amide bonds. The van der Waals surface area contributed by atoms with Gasteiger partial charge in [0.1, 0.15) is 6.04 Å². The number of carbonyl (C=O) groups is 1. The third kappa shape index (κ3) is 1.54. The fraction of sp³-hybridized carbons (Fsp3) is 0.625. The molecule has 2 unspecified atom stereocenters. The van der Waals surface area contributed by atoms with Crippen molar-refractivity contribution in [2.45, 2.75) is 31.5 Å². The van der Waals surface area contributed by atoms with Gasteiger partial charge in [0, 0.05) is 13.3 Å². The van der Waals surface area contributed by atoms with Crippen LogP contribution in [0.3, 0.4) is 0 Å². The molecule has 1 aromatic rings. The summed E-state index contributed by atoms with van der Waals surface area (Å²) >= 11 is 0. The Morgan fingerprint density at radius 2 is 2.25 bits per heavy atom. The van der Waals surface area contributed by atoms with Gasteiger partial charge >= 0.3 is 5.97 Å². The third-order valence-corrected chi connectivity index (χ3v) is 2.44. The fourth-order valence-corrected chi connectivity index (χ4v) is 1.69. The van der Waals surface area contributed by atoms with Crippen molar-refractivity contribution in [2.75, 3.05) is 0 Å². The molecule has 2 heterocycles. The van der Waals surface area contributed by atoms with Crippen LogP contribution in [0.2, 0.25) is 0 Å². The predicted molar refractivity (Wildman–Crippen MR) is 45.1 cm³/mol. The second-order valence-electron chi connectivity index (χ2n) is 3.72. The van der Waals surface area contributed by atoms with Crippen molar-refractivity contribution >= 4 is 5.97 Å². The molecular weight excluding hydrogens is 227 g/mol. The molecule has 0 bridgehead atoms. The van der Waals surface area contributed by atoms with Gasteiger partial charge in [-0.1, -0.05) is 0 Å². The highest BCUT2D eigenvalue weighted by Crippen LogP contribution is 2.43. The number of hydrogen-bond donors (Lipinski definition) is 1. The van der Waals surface area contributed by atoms with E-state index >= 15 is 0 Å². The minimum absolute atomic E-state index is 0.344. The molecule has 0 aromatic carbocycles. The molecule has 8 heteroatoms. The van der Waals surface area contributed by atoms with E-state index in [-0.39, 0.29) is 5.82 Å². The summed E-state index contributed by atoms with van der Waals surface area (Å²) in [6.45, 7) is 0.640. The number of aromatic carboxylic acids is 1. The first-order valence-corrected chi connectivity index (χ1v) is 4.52. The first kappa shape index (κ1) is 10.9. The second kappa shape index (κ2) is 3.19. The summed E-state index contributed by atoms with van der Waals surface area (Å²) < 4.78 is 40.2. The van der Waals surface area contributed by atoms with E-state index < -0.39 is 36.4 Å². The topological polar surface area (TPSA) is 68.0 Å². The van der Waals surface area contributed by atoms with E-state index in [1.165, 1.54) is 0 Å². The van der Waals surface area contributed by atoms with Crippen LogP contribution in [0.4, 0.5) is 13.2 Å². The highest BCUT2D eigenvalue weighted by Gasteiger charge is 2.46. The Morgan fingerprint density at radius 3 is 2.75 bits per heavy atom. The average Bonchev–Trinajstić information content (AvgIpc) is 2.65. The molecule has 0 saturated heterocycles. The van der Waals surface area contributed by atoms with Crippen molar-refractivity contribution in [3.8, 4) is 0 Å². The number of carboxylic acids is 1. The zero-order valence-corrected chi connectivity index (χ0v) is 8.19. The summed E-state index contributed by atoms with van der Waals surface area (Å²) in [5.41, 5.74) is 0. The van der Waals surface area contributed by atoms with Crippen molar-refractivity contribution in [1.29, 1.82) is 0 Å². The molecular formula is C8H8F3N3O2. The number of fused-ring (bicyclic) bond motifs is 1. The maximum atomic E-state index is 13.3. The van der Waals surface area contributed by atoms with E-state index in [1.807, 2.05) is 0 Å². The Labute approximate surface area is 87.9 Å². The summed E-state index contributed by atoms with van der Waals surface area (Å²) in [5, 5.41) is 11.9. The van der Waals surface area contributed by atoms with E-state index in [4.69, 9.17) is 5.11 Å². The van der Waals surface area contributed by atoms with Crippen molar-refractivity contribution < 1.29 is 23.1 Å². The van der Waals surface area contributed by atoms with Gasteiger partial charge in [-0.3, -0.25) is 0 Å². The molecule has 5 nitrogen and oxygen atoms in total. The minimum Gasteiger partial charge on any atom is -0.475 e. The van der Waals surface area contributed by atoms with E-state index in [0.717, 1.165) is 0 Å². The molecule has 0 spiro atoms. The van der Waals surface area contributed by atoms with Crippen LogP contribution in [0.25, 0.3) is 0 Å². The van der Waals surface area contributed by atoms with Crippen molar-refractivity contribution in [3.05, 3.63) is 11.6 Å². The molecule has 2 rings (SSSR count). The summed E-state index contributed by atoms with van der Waals surface area (Å²) in [4.78, 5) is 13.9. The molecule has 0 radical (unpaired) electrons. The Bertz CT molecular complexity index is 440. The number of nitrogens with zero attached hydrogens (tertiary/aromatic N) is 3. The lowest BCUT2D eigenvalue weighted by Crippen LogP contribution is -2.26. The molecule has 2 atom stereocenters. The average molecular weight is 235 g/mol. The van der Waals surface area contributed by atoms with Crippen LogP contribution in [0.5, 0.6) is 0 Å². The molecule has 1 aliphatic rings. The summed E-state index contributed by atoms with van der Waals surface area (Å²) in [6.07, 6.45) is -2.13. The van der Waals surface area contributed by atoms with Gasteiger partial charge in [-0.05, 0) is 0 Å². The molecule has 1 aromatic heterocycles. The lowest BCUT2D eigenvalue weighted by Gasteiger charge is -2.18. The third-order valence-electron chi connectivity index (χ3n) is 2.44. The van der Waals surface area contributed by atoms with Crippen LogP contribution in [-0.2, 0) is 0 Å². The van der Waals surface area contributed by atoms with E-state index in [0.29, 0.717) is 11.6 Å². The highest BCUT2D eigenvalue weighted by molar-refractivity contribution is 5.82. The highest BCUT2D eigenvalue weighted by atomic mass is 19.3. The lowest BCUT2D eigenvalue weighted by atomic mass is 10.1. The molecule has 88 valence electrons. The SMILES string of the molecule is CC(F)(F)C1CC(F)c2nc(C(=O)O)nn21. The number of alkyl halides is 3. The Morgan fingerprint density at radius 1 is 1.62 bits per heavy atom. The van der Waals surface area contributed by atoms with Gasteiger partial charge in [-0.2, -0.15) is 0 Å². The van der Waals surface area contributed by atoms with Gasteiger partial charge in [0.2, 0.25) is 0 Å². The van der Waals surface area contributed by atoms with E-state index in [1.54, 1.807) is 0 Å². The van der Waals surface area contributed by atoms with Gasteiger partial charge in [0.25, 0.3) is 11.7 Å². The standard InChI is InChI=1S/C8H8F3N3O2/c1-8(10,11)4-2-3(9)6-12-5(7(15)16)13-14(4)6/h3-4H,2H2,1H3,(H,15,16). The molecule has 1 aliphatic heterocycles. The molecule has 1 N–H and O–H groups in total. The Balaban J connectivity index is 2.45. The van der Waals surface area contributed by atoms with Gasteiger partial charge in [0.05, 0.1) is 0 Å². The van der Waals surface area contributed by atoms with Crippen LogP contribution in [0, 0.1) is 0 Å². The fourth-order valence-electron chi connectivity index (χ4n) is 1.69. The second-order valence-corrected chi connectivity index (χ2v) is 3.72. The Kier molecular flexibility index (Phi) is 2.18. The maximum absolute atomic E-state index is 13.3. The largest absolute Gasteiger partial charge is 0.475 e. The normalized spacial score (nSPS) is 24.5. The van der Waals surface area contributed by atoms with Crippen molar-refractivity contribution in [1.82, 2.24) is 14.8 Å². The summed E-state index contributed by atoms with van der Waals surface area (Å²) in [5.74, 6) is -5.64. The molecule has 0 aliphatic carbocycles.